The fraction of sp³-hybridized carbons (Fsp3) is 0.588. The van der Waals surface area contributed by atoms with Gasteiger partial charge in [-0.2, -0.15) is 0 Å². The Morgan fingerprint density at radius 3 is 2.50 bits per heavy atom. The zero-order valence-corrected chi connectivity index (χ0v) is 14.2. The number of benzene rings is 1. The summed E-state index contributed by atoms with van der Waals surface area (Å²) in [5.74, 6) is 2.25. The lowest BCUT2D eigenvalue weighted by Gasteiger charge is -2.11. The van der Waals surface area contributed by atoms with Crippen molar-refractivity contribution in [2.24, 2.45) is 10.9 Å². The molecule has 0 atom stereocenters. The third-order valence-corrected chi connectivity index (χ3v) is 2.87. The molecule has 0 aliphatic carbocycles. The average Bonchev–Trinajstić information content (AvgIpc) is 2.51. The van der Waals surface area contributed by atoms with Crippen LogP contribution in [0.15, 0.2) is 29.3 Å². The molecule has 0 amide bonds. The molecule has 5 heteroatoms. The molecule has 0 radical (unpaired) electrons. The molecule has 0 saturated heterocycles. The highest BCUT2D eigenvalue weighted by molar-refractivity contribution is 5.79. The topological polar surface area (TPSA) is 54.9 Å². The first-order chi connectivity index (χ1) is 10.7. The van der Waals surface area contributed by atoms with E-state index in [0.29, 0.717) is 19.1 Å². The molecule has 0 aromatic heterocycles. The highest BCUT2D eigenvalue weighted by atomic mass is 16.5. The molecule has 0 unspecified atom stereocenters. The van der Waals surface area contributed by atoms with E-state index in [2.05, 4.69) is 41.6 Å². The highest BCUT2D eigenvalue weighted by Crippen LogP contribution is 2.13. The third-order valence-electron chi connectivity index (χ3n) is 2.87. The Morgan fingerprint density at radius 2 is 1.91 bits per heavy atom. The van der Waals surface area contributed by atoms with Crippen molar-refractivity contribution in [1.29, 1.82) is 0 Å². The van der Waals surface area contributed by atoms with Crippen molar-refractivity contribution in [3.8, 4) is 5.75 Å². The lowest BCUT2D eigenvalue weighted by Crippen LogP contribution is -2.38. The first-order valence-corrected chi connectivity index (χ1v) is 7.88. The molecule has 2 N–H and O–H groups in total. The lowest BCUT2D eigenvalue weighted by molar-refractivity contribution is 0.203. The van der Waals surface area contributed by atoms with Gasteiger partial charge in [0.1, 0.15) is 5.75 Å². The third kappa shape index (κ3) is 7.88. The van der Waals surface area contributed by atoms with E-state index in [9.17, 15) is 0 Å². The number of nitrogens with zero attached hydrogens (tertiary/aromatic N) is 1. The SMILES string of the molecule is CCNC(=NCc1ccc(OCC(C)C)cc1)NCCOC. The number of nitrogens with one attached hydrogen (secondary N) is 2. The molecule has 0 bridgehead atoms. The van der Waals surface area contributed by atoms with Crippen LogP contribution in [-0.2, 0) is 11.3 Å². The Labute approximate surface area is 134 Å². The molecule has 22 heavy (non-hydrogen) atoms. The van der Waals surface area contributed by atoms with Gasteiger partial charge in [-0.1, -0.05) is 26.0 Å². The smallest absolute Gasteiger partial charge is 0.191 e. The van der Waals surface area contributed by atoms with Gasteiger partial charge in [-0.15, -0.1) is 0 Å². The summed E-state index contributed by atoms with van der Waals surface area (Å²) in [6.45, 7) is 9.94. The van der Waals surface area contributed by atoms with Crippen molar-refractivity contribution in [3.63, 3.8) is 0 Å². The molecule has 1 aromatic rings. The molecule has 0 aliphatic rings. The van der Waals surface area contributed by atoms with E-state index in [1.54, 1.807) is 7.11 Å². The summed E-state index contributed by atoms with van der Waals surface area (Å²) in [4.78, 5) is 4.56. The van der Waals surface area contributed by atoms with Crippen LogP contribution < -0.4 is 15.4 Å². The molecule has 124 valence electrons. The van der Waals surface area contributed by atoms with Gasteiger partial charge in [0.05, 0.1) is 19.8 Å². The summed E-state index contributed by atoms with van der Waals surface area (Å²) in [7, 11) is 1.69. The van der Waals surface area contributed by atoms with Crippen LogP contribution in [0.25, 0.3) is 0 Å². The normalized spacial score (nSPS) is 11.6. The molecule has 1 aromatic carbocycles. The summed E-state index contributed by atoms with van der Waals surface area (Å²) in [5, 5.41) is 6.44. The Morgan fingerprint density at radius 1 is 1.18 bits per heavy atom. The second-order valence-corrected chi connectivity index (χ2v) is 5.46. The molecular formula is C17H29N3O2. The van der Waals surface area contributed by atoms with Crippen LogP contribution in [0.4, 0.5) is 0 Å². The first kappa shape index (κ1) is 18.3. The van der Waals surface area contributed by atoms with E-state index < -0.39 is 0 Å². The van der Waals surface area contributed by atoms with Gasteiger partial charge in [-0.3, -0.25) is 0 Å². The Kier molecular flexibility index (Phi) is 9.07. The Bertz CT molecular complexity index is 430. The summed E-state index contributed by atoms with van der Waals surface area (Å²) in [6, 6.07) is 8.10. The molecule has 0 spiro atoms. The van der Waals surface area contributed by atoms with Gasteiger partial charge in [0.15, 0.2) is 5.96 Å². The molecule has 0 fully saturated rings. The van der Waals surface area contributed by atoms with Crippen molar-refractivity contribution in [1.82, 2.24) is 10.6 Å². The van der Waals surface area contributed by atoms with E-state index in [4.69, 9.17) is 9.47 Å². The van der Waals surface area contributed by atoms with Crippen molar-refractivity contribution in [2.45, 2.75) is 27.3 Å². The van der Waals surface area contributed by atoms with Gasteiger partial charge >= 0.3 is 0 Å². The summed E-state index contributed by atoms with van der Waals surface area (Å²) >= 11 is 0. The molecule has 1 rings (SSSR count). The van der Waals surface area contributed by atoms with E-state index in [1.807, 2.05) is 19.1 Å². The molecule has 5 nitrogen and oxygen atoms in total. The highest BCUT2D eigenvalue weighted by Gasteiger charge is 1.99. The number of ether oxygens (including phenoxy) is 2. The van der Waals surface area contributed by atoms with Crippen LogP contribution in [0.2, 0.25) is 0 Å². The van der Waals surface area contributed by atoms with Crippen molar-refractivity contribution in [2.75, 3.05) is 33.4 Å². The van der Waals surface area contributed by atoms with Crippen LogP contribution in [0.3, 0.4) is 0 Å². The van der Waals surface area contributed by atoms with Gasteiger partial charge in [-0.05, 0) is 30.5 Å². The first-order valence-electron chi connectivity index (χ1n) is 7.88. The van der Waals surface area contributed by atoms with Crippen molar-refractivity contribution in [3.05, 3.63) is 29.8 Å². The molecule has 0 aliphatic heterocycles. The summed E-state index contributed by atoms with van der Waals surface area (Å²) < 4.78 is 10.7. The van der Waals surface area contributed by atoms with Gasteiger partial charge < -0.3 is 20.1 Å². The maximum absolute atomic E-state index is 5.68. The predicted octanol–water partition coefficient (Wildman–Crippen LogP) is 2.42. The number of aliphatic imine (C=N–C) groups is 1. The molecular weight excluding hydrogens is 278 g/mol. The minimum absolute atomic E-state index is 0.533. The van der Waals surface area contributed by atoms with Crippen LogP contribution in [0, 0.1) is 5.92 Å². The average molecular weight is 307 g/mol. The summed E-state index contributed by atoms with van der Waals surface area (Å²) in [5.41, 5.74) is 1.15. The predicted molar refractivity (Wildman–Crippen MR) is 91.5 cm³/mol. The van der Waals surface area contributed by atoms with Gasteiger partial charge in [0.2, 0.25) is 0 Å². The largest absolute Gasteiger partial charge is 0.493 e. The van der Waals surface area contributed by atoms with Gasteiger partial charge in [-0.25, -0.2) is 4.99 Å². The van der Waals surface area contributed by atoms with E-state index in [1.165, 1.54) is 0 Å². The Hall–Kier alpha value is -1.75. The molecule has 0 heterocycles. The van der Waals surface area contributed by atoms with Crippen LogP contribution in [-0.4, -0.2) is 39.4 Å². The fourth-order valence-corrected chi connectivity index (χ4v) is 1.74. The fourth-order valence-electron chi connectivity index (χ4n) is 1.74. The second kappa shape index (κ2) is 10.9. The summed E-state index contributed by atoms with van der Waals surface area (Å²) in [6.07, 6.45) is 0. The number of methoxy groups -OCH3 is 1. The maximum atomic E-state index is 5.68. The zero-order valence-electron chi connectivity index (χ0n) is 14.2. The Balaban J connectivity index is 2.50. The van der Waals surface area contributed by atoms with Crippen LogP contribution in [0.1, 0.15) is 26.3 Å². The van der Waals surface area contributed by atoms with Crippen molar-refractivity contribution >= 4 is 5.96 Å². The van der Waals surface area contributed by atoms with Crippen molar-refractivity contribution < 1.29 is 9.47 Å². The van der Waals surface area contributed by atoms with Gasteiger partial charge in [0.25, 0.3) is 0 Å². The zero-order chi connectivity index (χ0) is 16.2. The minimum atomic E-state index is 0.533. The second-order valence-electron chi connectivity index (χ2n) is 5.46. The monoisotopic (exact) mass is 307 g/mol. The number of hydrogen-bond acceptors (Lipinski definition) is 3. The van der Waals surface area contributed by atoms with Crippen LogP contribution in [0.5, 0.6) is 5.75 Å². The van der Waals surface area contributed by atoms with E-state index in [-0.39, 0.29) is 0 Å². The number of hydrogen-bond donors (Lipinski definition) is 2. The lowest BCUT2D eigenvalue weighted by atomic mass is 10.2. The maximum Gasteiger partial charge on any atom is 0.191 e. The van der Waals surface area contributed by atoms with E-state index >= 15 is 0 Å². The number of guanidine groups is 1. The van der Waals surface area contributed by atoms with E-state index in [0.717, 1.165) is 37.0 Å². The van der Waals surface area contributed by atoms with Crippen LogP contribution >= 0.6 is 0 Å². The standard InChI is InChI=1S/C17H29N3O2/c1-5-18-17(19-10-11-21-4)20-12-15-6-8-16(9-7-15)22-13-14(2)3/h6-9,14H,5,10-13H2,1-4H3,(H2,18,19,20). The van der Waals surface area contributed by atoms with Gasteiger partial charge in [0, 0.05) is 20.2 Å². The number of rotatable bonds is 9. The quantitative estimate of drug-likeness (QED) is 0.418. The minimum Gasteiger partial charge on any atom is -0.493 e. The molecule has 0 saturated carbocycles.